The number of amides is 1. The van der Waals surface area contributed by atoms with E-state index in [4.69, 9.17) is 5.26 Å². The second-order valence-electron chi connectivity index (χ2n) is 8.53. The molecule has 6 nitrogen and oxygen atoms in total. The largest absolute Gasteiger partial charge is 0.347 e. The molecular formula is C23H25N5O. The van der Waals surface area contributed by atoms with Gasteiger partial charge in [0.25, 0.3) is 5.91 Å². The lowest BCUT2D eigenvalue weighted by atomic mass is 9.96. The molecule has 2 aliphatic heterocycles. The maximum absolute atomic E-state index is 12.9. The summed E-state index contributed by atoms with van der Waals surface area (Å²) in [5.41, 5.74) is 3.11. The van der Waals surface area contributed by atoms with E-state index in [-0.39, 0.29) is 18.0 Å². The number of hydrogen-bond donors (Lipinski definition) is 1. The monoisotopic (exact) mass is 387 g/mol. The lowest BCUT2D eigenvalue weighted by Gasteiger charge is -2.41. The normalized spacial score (nSPS) is 25.5. The molecule has 1 amide bonds. The molecule has 2 bridgehead atoms. The molecule has 29 heavy (non-hydrogen) atoms. The maximum Gasteiger partial charge on any atom is 0.251 e. The highest BCUT2D eigenvalue weighted by atomic mass is 16.1. The number of nitriles is 1. The molecule has 2 saturated heterocycles. The zero-order chi connectivity index (χ0) is 20.0. The van der Waals surface area contributed by atoms with Gasteiger partial charge >= 0.3 is 0 Å². The van der Waals surface area contributed by atoms with Crippen LogP contribution in [0.25, 0.3) is 0 Å². The molecule has 5 rings (SSSR count). The molecule has 1 aliphatic carbocycles. The fraction of sp³-hybridized carbons (Fsp3) is 0.478. The van der Waals surface area contributed by atoms with Crippen molar-refractivity contribution in [3.8, 4) is 6.07 Å². The van der Waals surface area contributed by atoms with Gasteiger partial charge < -0.3 is 10.2 Å². The smallest absolute Gasteiger partial charge is 0.251 e. The summed E-state index contributed by atoms with van der Waals surface area (Å²) in [5, 5.41) is 12.4. The van der Waals surface area contributed by atoms with Crippen LogP contribution in [0.1, 0.15) is 71.8 Å². The number of rotatable bonds is 4. The Kier molecular flexibility index (Phi) is 4.46. The zero-order valence-electron chi connectivity index (χ0n) is 16.6. The van der Waals surface area contributed by atoms with Gasteiger partial charge in [-0.25, -0.2) is 9.97 Å². The molecule has 2 aromatic rings. The number of benzene rings is 1. The number of carbonyl (C=O) groups is 1. The van der Waals surface area contributed by atoms with E-state index >= 15 is 0 Å². The van der Waals surface area contributed by atoms with Gasteiger partial charge in [-0.15, -0.1) is 0 Å². The molecule has 6 heteroatoms. The van der Waals surface area contributed by atoms with Crippen LogP contribution < -0.4 is 10.2 Å². The van der Waals surface area contributed by atoms with Crippen molar-refractivity contribution in [3.63, 3.8) is 0 Å². The number of nitrogens with one attached hydrogen (secondary N) is 1. The van der Waals surface area contributed by atoms with E-state index in [1.165, 1.54) is 18.4 Å². The minimum absolute atomic E-state index is 0.00439. The van der Waals surface area contributed by atoms with Crippen LogP contribution in [0.2, 0.25) is 0 Å². The molecule has 0 radical (unpaired) electrons. The molecule has 3 fully saturated rings. The van der Waals surface area contributed by atoms with Crippen molar-refractivity contribution in [1.82, 2.24) is 15.3 Å². The molecular weight excluding hydrogens is 362 g/mol. The number of fused-ring (bicyclic) bond motifs is 2. The Morgan fingerprint density at radius 2 is 1.90 bits per heavy atom. The molecule has 3 heterocycles. The number of anilines is 1. The van der Waals surface area contributed by atoms with Crippen molar-refractivity contribution in [2.75, 3.05) is 4.90 Å². The average molecular weight is 387 g/mol. The molecule has 3 atom stereocenters. The first kappa shape index (κ1) is 18.1. The summed E-state index contributed by atoms with van der Waals surface area (Å²) >= 11 is 0. The van der Waals surface area contributed by atoms with E-state index in [1.807, 2.05) is 19.1 Å². The van der Waals surface area contributed by atoms with Gasteiger partial charge in [-0.05, 0) is 69.1 Å². The van der Waals surface area contributed by atoms with Crippen LogP contribution in [0.4, 0.5) is 5.82 Å². The van der Waals surface area contributed by atoms with Crippen LogP contribution in [0, 0.1) is 18.3 Å². The Morgan fingerprint density at radius 1 is 1.14 bits per heavy atom. The molecule has 3 aliphatic rings. The quantitative estimate of drug-likeness (QED) is 0.869. The van der Waals surface area contributed by atoms with E-state index in [1.54, 1.807) is 6.20 Å². The lowest BCUT2D eigenvalue weighted by molar-refractivity contribution is 0.0924. The number of aromatic nitrogens is 2. The van der Waals surface area contributed by atoms with Crippen LogP contribution in [0.3, 0.4) is 0 Å². The standard InChI is InChI=1S/C23H25N5O/c1-14-20(12-24)25-13-22(26-14)28-18-8-10-19(21(28)11-9-18)27-23(29)17-6-4-16(5-7-17)15-2-3-15/h4-7,13,15,18-19,21H,2-3,8-11H2,1H3,(H,27,29). The third-order valence-corrected chi connectivity index (χ3v) is 6.66. The number of hydrogen-bond acceptors (Lipinski definition) is 5. The fourth-order valence-corrected chi connectivity index (χ4v) is 4.96. The highest BCUT2D eigenvalue weighted by Crippen LogP contribution is 2.40. The molecule has 1 aromatic carbocycles. The summed E-state index contributed by atoms with van der Waals surface area (Å²) in [6.45, 7) is 1.82. The summed E-state index contributed by atoms with van der Waals surface area (Å²) in [6, 6.07) is 11.0. The number of aryl methyl sites for hydroxylation is 1. The maximum atomic E-state index is 12.9. The predicted octanol–water partition coefficient (Wildman–Crippen LogP) is 3.46. The fourth-order valence-electron chi connectivity index (χ4n) is 4.96. The summed E-state index contributed by atoms with van der Waals surface area (Å²) in [7, 11) is 0. The van der Waals surface area contributed by atoms with Gasteiger partial charge in [0, 0.05) is 17.6 Å². The van der Waals surface area contributed by atoms with E-state index in [0.29, 0.717) is 23.3 Å². The first-order valence-corrected chi connectivity index (χ1v) is 10.6. The average Bonchev–Trinajstić information content (AvgIpc) is 3.53. The van der Waals surface area contributed by atoms with Gasteiger partial charge in [-0.1, -0.05) is 12.1 Å². The van der Waals surface area contributed by atoms with Crippen molar-refractivity contribution in [1.29, 1.82) is 5.26 Å². The number of piperidine rings is 1. The van der Waals surface area contributed by atoms with Gasteiger partial charge in [0.1, 0.15) is 11.9 Å². The number of nitrogens with zero attached hydrogens (tertiary/aromatic N) is 4. The minimum Gasteiger partial charge on any atom is -0.347 e. The van der Waals surface area contributed by atoms with Gasteiger partial charge in [0.2, 0.25) is 0 Å². The lowest BCUT2D eigenvalue weighted by Crippen LogP contribution is -2.55. The Bertz CT molecular complexity index is 976. The van der Waals surface area contributed by atoms with Crippen LogP contribution in [0.5, 0.6) is 0 Å². The van der Waals surface area contributed by atoms with Crippen LogP contribution in [0.15, 0.2) is 30.5 Å². The number of carbonyl (C=O) groups excluding carboxylic acids is 1. The Labute approximate surface area is 171 Å². The van der Waals surface area contributed by atoms with Gasteiger partial charge in [0.15, 0.2) is 5.69 Å². The highest BCUT2D eigenvalue weighted by Gasteiger charge is 2.43. The summed E-state index contributed by atoms with van der Waals surface area (Å²) in [4.78, 5) is 24.1. The predicted molar refractivity (Wildman–Crippen MR) is 110 cm³/mol. The third-order valence-electron chi connectivity index (χ3n) is 6.66. The van der Waals surface area contributed by atoms with Gasteiger partial charge in [-0.2, -0.15) is 5.26 Å². The van der Waals surface area contributed by atoms with Crippen molar-refractivity contribution in [2.24, 2.45) is 0 Å². The van der Waals surface area contributed by atoms with Crippen molar-refractivity contribution < 1.29 is 4.79 Å². The molecule has 1 N–H and O–H groups in total. The van der Waals surface area contributed by atoms with Crippen LogP contribution in [-0.2, 0) is 0 Å². The summed E-state index contributed by atoms with van der Waals surface area (Å²) in [6.07, 6.45) is 8.40. The highest BCUT2D eigenvalue weighted by molar-refractivity contribution is 5.94. The molecule has 148 valence electrons. The van der Waals surface area contributed by atoms with Crippen LogP contribution >= 0.6 is 0 Å². The van der Waals surface area contributed by atoms with Gasteiger partial charge in [-0.3, -0.25) is 4.79 Å². The second-order valence-corrected chi connectivity index (χ2v) is 8.53. The first-order valence-electron chi connectivity index (χ1n) is 10.6. The summed E-state index contributed by atoms with van der Waals surface area (Å²) in [5.74, 6) is 1.53. The van der Waals surface area contributed by atoms with E-state index in [0.717, 1.165) is 37.1 Å². The Balaban J connectivity index is 1.32. The molecule has 0 spiro atoms. The topological polar surface area (TPSA) is 81.9 Å². The first-order chi connectivity index (χ1) is 14.1. The zero-order valence-corrected chi connectivity index (χ0v) is 16.6. The van der Waals surface area contributed by atoms with E-state index in [9.17, 15) is 4.79 Å². The van der Waals surface area contributed by atoms with Crippen molar-refractivity contribution in [2.45, 2.75) is 69.5 Å². The Hall–Kier alpha value is -2.94. The summed E-state index contributed by atoms with van der Waals surface area (Å²) < 4.78 is 0. The van der Waals surface area contributed by atoms with Gasteiger partial charge in [0.05, 0.1) is 17.9 Å². The SMILES string of the molecule is Cc1nc(N2C3CCC(NC(=O)c4ccc(C5CC5)cc4)C2CC3)cnc1C#N. The molecule has 1 saturated carbocycles. The molecule has 3 unspecified atom stereocenters. The second kappa shape index (κ2) is 7.14. The van der Waals surface area contributed by atoms with Crippen molar-refractivity contribution in [3.05, 3.63) is 53.0 Å². The van der Waals surface area contributed by atoms with Crippen LogP contribution in [-0.4, -0.2) is 34.0 Å². The third kappa shape index (κ3) is 3.35. The van der Waals surface area contributed by atoms with Crippen molar-refractivity contribution >= 4 is 11.7 Å². The van der Waals surface area contributed by atoms with E-state index in [2.05, 4.69) is 38.4 Å². The van der Waals surface area contributed by atoms with E-state index < -0.39 is 0 Å². The Morgan fingerprint density at radius 3 is 2.59 bits per heavy atom. The molecule has 1 aromatic heterocycles. The minimum atomic E-state index is 0.00439.